The summed E-state index contributed by atoms with van der Waals surface area (Å²) < 4.78 is 55.1. The molecule has 0 spiro atoms. The first-order chi connectivity index (χ1) is 15.5. The third kappa shape index (κ3) is 4.54. The normalized spacial score (nSPS) is 11.7. The maximum Gasteiger partial charge on any atom is 0.267 e. The topological polar surface area (TPSA) is 81.1 Å². The summed E-state index contributed by atoms with van der Waals surface area (Å²) in [7, 11) is -3.92. The van der Waals surface area contributed by atoms with Crippen LogP contribution in [0.5, 0.6) is 0 Å². The average Bonchev–Trinajstić information content (AvgIpc) is 3.08. The van der Waals surface area contributed by atoms with Crippen LogP contribution in [-0.2, 0) is 10.0 Å². The van der Waals surface area contributed by atoms with E-state index in [4.69, 9.17) is 34.8 Å². The zero-order valence-corrected chi connectivity index (χ0v) is 19.6. The summed E-state index contributed by atoms with van der Waals surface area (Å²) in [4.78, 5) is 12.1. The maximum atomic E-state index is 14.8. The molecular weight excluding hydrogens is 519 g/mol. The van der Waals surface area contributed by atoms with Gasteiger partial charge in [0.05, 0.1) is 33.1 Å². The summed E-state index contributed by atoms with van der Waals surface area (Å²) in [5.74, 6) is -2.92. The molecule has 0 radical (unpaired) electrons. The molecule has 0 unspecified atom stereocenters. The molecule has 170 valence electrons. The molecule has 0 bridgehead atoms. The Morgan fingerprint density at radius 2 is 1.76 bits per heavy atom. The molecule has 33 heavy (non-hydrogen) atoms. The smallest absolute Gasteiger partial charge is 0.267 e. The first kappa shape index (κ1) is 23.4. The zero-order chi connectivity index (χ0) is 24.1. The predicted octanol–water partition coefficient (Wildman–Crippen LogP) is 5.62. The Balaban J connectivity index is 1.94. The number of hydrogen-bond donors (Lipinski definition) is 1. The highest BCUT2D eigenvalue weighted by Crippen LogP contribution is 2.36. The van der Waals surface area contributed by atoms with E-state index in [2.05, 4.69) is 5.10 Å². The van der Waals surface area contributed by atoms with E-state index < -0.39 is 33.1 Å². The summed E-state index contributed by atoms with van der Waals surface area (Å²) in [6.07, 6.45) is 0.760. The van der Waals surface area contributed by atoms with Crippen LogP contribution in [0.2, 0.25) is 15.1 Å². The van der Waals surface area contributed by atoms with E-state index in [1.54, 1.807) is 29.0 Å². The van der Waals surface area contributed by atoms with Crippen molar-refractivity contribution in [1.29, 1.82) is 0 Å². The number of hydrogen-bond acceptors (Lipinski definition) is 4. The molecule has 0 saturated carbocycles. The Morgan fingerprint density at radius 3 is 2.45 bits per heavy atom. The molecule has 4 rings (SSSR count). The summed E-state index contributed by atoms with van der Waals surface area (Å²) in [6.45, 7) is 0. The summed E-state index contributed by atoms with van der Waals surface area (Å²) in [5, 5.41) is 5.01. The van der Waals surface area contributed by atoms with Gasteiger partial charge in [-0.1, -0.05) is 40.9 Å². The molecule has 3 aromatic carbocycles. The third-order valence-corrected chi connectivity index (χ3v) is 6.02. The van der Waals surface area contributed by atoms with Gasteiger partial charge < -0.3 is 0 Å². The molecule has 1 aromatic heterocycles. The number of rotatable bonds is 4. The minimum Gasteiger partial charge on any atom is -0.268 e. The molecule has 0 saturated heterocycles. The van der Waals surface area contributed by atoms with Crippen molar-refractivity contribution in [3.63, 3.8) is 0 Å². The number of halogens is 5. The van der Waals surface area contributed by atoms with Crippen molar-refractivity contribution in [3.05, 3.63) is 80.8 Å². The highest BCUT2D eigenvalue weighted by atomic mass is 35.5. The Labute approximate surface area is 201 Å². The number of benzene rings is 3. The zero-order valence-electron chi connectivity index (χ0n) is 16.5. The van der Waals surface area contributed by atoms with Crippen LogP contribution in [0.3, 0.4) is 0 Å². The van der Waals surface area contributed by atoms with Gasteiger partial charge in [-0.05, 0) is 36.4 Å². The number of nitrogens with one attached hydrogen (secondary N) is 1. The lowest BCUT2D eigenvalue weighted by atomic mass is 10.1. The minimum absolute atomic E-state index is 0.0334. The van der Waals surface area contributed by atoms with Crippen molar-refractivity contribution < 1.29 is 22.0 Å². The lowest BCUT2D eigenvalue weighted by Crippen LogP contribution is -2.30. The second-order valence-corrected chi connectivity index (χ2v) is 10.0. The second kappa shape index (κ2) is 8.57. The van der Waals surface area contributed by atoms with Crippen LogP contribution >= 0.6 is 34.8 Å². The monoisotopic (exact) mass is 529 g/mol. The van der Waals surface area contributed by atoms with Crippen LogP contribution in [0, 0.1) is 11.6 Å². The summed E-state index contributed by atoms with van der Waals surface area (Å²) >= 11 is 18.4. The standard InChI is InChI=1S/C21H12Cl3F2N3O3S/c1-33(31,32)28-21(30)12-8-15(24)18(9-16(12)25)29-17-6-5-10(22)7-13(17)20(27-29)11-3-2-4-14(23)19(11)26/h2-9H,1H3,(H,28,30). The third-order valence-electron chi connectivity index (χ3n) is 4.64. The van der Waals surface area contributed by atoms with Crippen molar-refractivity contribution in [2.24, 2.45) is 0 Å². The maximum absolute atomic E-state index is 14.8. The van der Waals surface area contributed by atoms with Gasteiger partial charge >= 0.3 is 0 Å². The molecule has 0 aliphatic rings. The van der Waals surface area contributed by atoms with Gasteiger partial charge in [0.2, 0.25) is 10.0 Å². The number of sulfonamides is 1. The van der Waals surface area contributed by atoms with Crippen LogP contribution in [0.1, 0.15) is 10.4 Å². The Kier molecular flexibility index (Phi) is 6.09. The first-order valence-electron chi connectivity index (χ1n) is 9.10. The molecule has 1 heterocycles. The van der Waals surface area contributed by atoms with Crippen molar-refractivity contribution in [3.8, 4) is 16.9 Å². The van der Waals surface area contributed by atoms with Gasteiger partial charge in [0.25, 0.3) is 5.91 Å². The van der Waals surface area contributed by atoms with E-state index >= 15 is 0 Å². The molecule has 1 amide bonds. The number of carbonyl (C=O) groups is 1. The molecular formula is C21H12Cl3F2N3O3S. The van der Waals surface area contributed by atoms with Gasteiger partial charge in [-0.2, -0.15) is 5.10 Å². The lowest BCUT2D eigenvalue weighted by molar-refractivity contribution is 0.0978. The van der Waals surface area contributed by atoms with E-state index in [0.717, 1.165) is 18.4 Å². The van der Waals surface area contributed by atoms with E-state index in [-0.39, 0.29) is 27.0 Å². The van der Waals surface area contributed by atoms with E-state index in [1.165, 1.54) is 16.8 Å². The van der Waals surface area contributed by atoms with E-state index in [0.29, 0.717) is 15.9 Å². The minimum atomic E-state index is -3.92. The van der Waals surface area contributed by atoms with E-state index in [1.807, 2.05) is 0 Å². The summed E-state index contributed by atoms with van der Waals surface area (Å²) in [6, 6.07) is 11.1. The highest BCUT2D eigenvalue weighted by Gasteiger charge is 2.22. The number of amides is 1. The molecule has 0 aliphatic heterocycles. The van der Waals surface area contributed by atoms with Crippen molar-refractivity contribution in [2.75, 3.05) is 6.26 Å². The van der Waals surface area contributed by atoms with Crippen LogP contribution in [0.15, 0.2) is 48.5 Å². The van der Waals surface area contributed by atoms with Crippen LogP contribution < -0.4 is 4.72 Å². The van der Waals surface area contributed by atoms with Crippen LogP contribution in [0.25, 0.3) is 27.8 Å². The quantitative estimate of drug-likeness (QED) is 0.371. The fraction of sp³-hybridized carbons (Fsp3) is 0.0476. The largest absolute Gasteiger partial charge is 0.268 e. The Bertz CT molecular complexity index is 1560. The van der Waals surface area contributed by atoms with Gasteiger partial charge in [-0.15, -0.1) is 0 Å². The van der Waals surface area contributed by atoms with Crippen molar-refractivity contribution in [1.82, 2.24) is 14.5 Å². The molecule has 4 aromatic rings. The molecule has 6 nitrogen and oxygen atoms in total. The van der Waals surface area contributed by atoms with Gasteiger partial charge in [0.1, 0.15) is 11.5 Å². The second-order valence-electron chi connectivity index (χ2n) is 7.01. The molecule has 0 fully saturated rings. The Hall–Kier alpha value is -2.72. The highest BCUT2D eigenvalue weighted by molar-refractivity contribution is 7.89. The van der Waals surface area contributed by atoms with Gasteiger partial charge in [0.15, 0.2) is 5.82 Å². The lowest BCUT2D eigenvalue weighted by Gasteiger charge is -2.10. The first-order valence-corrected chi connectivity index (χ1v) is 12.1. The SMILES string of the molecule is CS(=O)(=O)NC(=O)c1cc(Cl)c(-n2nc(-c3cccc(Cl)c3F)c3cc(Cl)ccc32)cc1F. The van der Waals surface area contributed by atoms with Crippen molar-refractivity contribution >= 4 is 61.6 Å². The molecule has 12 heteroatoms. The Morgan fingerprint density at radius 1 is 1.03 bits per heavy atom. The van der Waals surface area contributed by atoms with E-state index in [9.17, 15) is 22.0 Å². The van der Waals surface area contributed by atoms with Crippen molar-refractivity contribution in [2.45, 2.75) is 0 Å². The number of aromatic nitrogens is 2. The fourth-order valence-electron chi connectivity index (χ4n) is 3.26. The molecule has 1 N–H and O–H groups in total. The fourth-order valence-corrected chi connectivity index (χ4v) is 4.29. The molecule has 0 aliphatic carbocycles. The van der Waals surface area contributed by atoms with Gasteiger partial charge in [0, 0.05) is 22.0 Å². The van der Waals surface area contributed by atoms with Crippen LogP contribution in [0.4, 0.5) is 8.78 Å². The number of fused-ring (bicyclic) bond motifs is 1. The molecule has 0 atom stereocenters. The summed E-state index contributed by atoms with van der Waals surface area (Å²) in [5.41, 5.74) is 0.154. The number of nitrogens with zero attached hydrogens (tertiary/aromatic N) is 2. The van der Waals surface area contributed by atoms with Gasteiger partial charge in [-0.3, -0.25) is 4.79 Å². The number of carbonyl (C=O) groups excluding carboxylic acids is 1. The van der Waals surface area contributed by atoms with Gasteiger partial charge in [-0.25, -0.2) is 26.6 Å². The van der Waals surface area contributed by atoms with Crippen LogP contribution in [-0.4, -0.2) is 30.4 Å². The average molecular weight is 531 g/mol. The predicted molar refractivity (Wildman–Crippen MR) is 124 cm³/mol.